The molecule has 1 saturated heterocycles. The second-order valence-corrected chi connectivity index (χ2v) is 8.43. The van der Waals surface area contributed by atoms with E-state index in [1.807, 2.05) is 36.1 Å². The van der Waals surface area contributed by atoms with Crippen molar-refractivity contribution in [2.45, 2.75) is 26.2 Å². The Bertz CT molecular complexity index is 1040. The van der Waals surface area contributed by atoms with Crippen molar-refractivity contribution in [3.05, 3.63) is 34.8 Å². The average Bonchev–Trinajstić information content (AvgIpc) is 3.31. The Balaban J connectivity index is 1.77. The number of nitrogens with zero attached hydrogens (tertiary/aromatic N) is 3. The molecule has 1 aromatic carbocycles. The van der Waals surface area contributed by atoms with Crippen molar-refractivity contribution in [2.24, 2.45) is 0 Å². The summed E-state index contributed by atoms with van der Waals surface area (Å²) in [5, 5.41) is 3.46. The quantitative estimate of drug-likeness (QED) is 0.575. The summed E-state index contributed by atoms with van der Waals surface area (Å²) < 4.78 is 12.7. The summed E-state index contributed by atoms with van der Waals surface area (Å²) in [6.45, 7) is 4.90. The lowest BCUT2D eigenvalue weighted by molar-refractivity contribution is 0.0728. The van der Waals surface area contributed by atoms with E-state index in [9.17, 15) is 4.79 Å². The van der Waals surface area contributed by atoms with Gasteiger partial charge in [0, 0.05) is 38.0 Å². The average molecular weight is 429 g/mol. The summed E-state index contributed by atoms with van der Waals surface area (Å²) in [7, 11) is 3.34. The fourth-order valence-electron chi connectivity index (χ4n) is 3.89. The van der Waals surface area contributed by atoms with Crippen molar-refractivity contribution in [3.8, 4) is 17.0 Å². The maximum absolute atomic E-state index is 13.1. The zero-order valence-corrected chi connectivity index (χ0v) is 18.6. The van der Waals surface area contributed by atoms with Crippen LogP contribution < -0.4 is 10.1 Å². The molecule has 0 aliphatic carbocycles. The van der Waals surface area contributed by atoms with Crippen molar-refractivity contribution < 1.29 is 14.3 Å². The van der Waals surface area contributed by atoms with E-state index in [4.69, 9.17) is 14.5 Å². The van der Waals surface area contributed by atoms with E-state index in [-0.39, 0.29) is 5.91 Å². The molecule has 1 N–H and O–H groups in total. The number of fused-ring (bicyclic) bond motifs is 1. The number of aryl methyl sites for hydroxylation is 1. The molecule has 0 saturated carbocycles. The Labute approximate surface area is 180 Å². The highest BCUT2D eigenvalue weighted by Gasteiger charge is 2.26. The lowest BCUT2D eigenvalue weighted by Crippen LogP contribution is -2.35. The van der Waals surface area contributed by atoms with E-state index in [1.165, 1.54) is 17.8 Å². The van der Waals surface area contributed by atoms with Crippen LogP contribution in [0, 0.1) is 6.92 Å². The maximum atomic E-state index is 13.1. The minimum absolute atomic E-state index is 0.119. The number of methoxy groups -OCH3 is 2. The number of anilines is 1. The number of hydrogen-bond acceptors (Lipinski definition) is 6. The van der Waals surface area contributed by atoms with Gasteiger partial charge in [-0.05, 0) is 38.3 Å². The van der Waals surface area contributed by atoms with E-state index in [0.29, 0.717) is 13.2 Å². The minimum Gasteiger partial charge on any atom is -0.497 e. The molecule has 4 rings (SSSR count). The fourth-order valence-corrected chi connectivity index (χ4v) is 4.99. The van der Waals surface area contributed by atoms with Crippen LogP contribution in [-0.2, 0) is 4.74 Å². The van der Waals surface area contributed by atoms with Gasteiger partial charge >= 0.3 is 0 Å². The molecule has 1 fully saturated rings. The van der Waals surface area contributed by atoms with Gasteiger partial charge in [0.05, 0.1) is 13.7 Å². The number of nitrogens with one attached hydrogen (secondary N) is 1. The predicted octanol–water partition coefficient (Wildman–Crippen LogP) is 4.06. The number of benzene rings is 1. The number of rotatable bonds is 7. The van der Waals surface area contributed by atoms with E-state index < -0.39 is 0 Å². The Kier molecular flexibility index (Phi) is 6.24. The predicted molar refractivity (Wildman–Crippen MR) is 120 cm³/mol. The zero-order chi connectivity index (χ0) is 21.1. The number of likely N-dealkylation sites (tertiary alicyclic amines) is 1. The van der Waals surface area contributed by atoms with Gasteiger partial charge in [-0.1, -0.05) is 23.5 Å². The number of carbonyl (C=O) groups excluding carboxylic acids is 1. The lowest BCUT2D eigenvalue weighted by Gasteiger charge is -2.26. The standard InChI is InChI=1S/C22H28N4O3S/c1-15-19(21(27)25-11-5-4-6-12-25)30-22-24-18(16-8-7-9-17(14-16)29-3)20(26(15)22)23-10-13-28-2/h7-9,14,23H,4-6,10-13H2,1-3H3. The topological polar surface area (TPSA) is 68.1 Å². The van der Waals surface area contributed by atoms with Crippen LogP contribution in [0.25, 0.3) is 16.2 Å². The SMILES string of the molecule is COCCNc1c(-c2cccc(OC)c2)nc2sc(C(=O)N3CCCCC3)c(C)n12. The first-order chi connectivity index (χ1) is 14.6. The van der Waals surface area contributed by atoms with Crippen molar-refractivity contribution in [1.82, 2.24) is 14.3 Å². The summed E-state index contributed by atoms with van der Waals surface area (Å²) in [6.07, 6.45) is 3.36. The molecule has 0 bridgehead atoms. The number of carbonyl (C=O) groups is 1. The van der Waals surface area contributed by atoms with E-state index in [1.54, 1.807) is 14.2 Å². The van der Waals surface area contributed by atoms with Gasteiger partial charge in [-0.15, -0.1) is 0 Å². The Hall–Kier alpha value is -2.58. The first kappa shape index (κ1) is 20.7. The molecule has 3 heterocycles. The zero-order valence-electron chi connectivity index (χ0n) is 17.7. The van der Waals surface area contributed by atoms with E-state index in [0.717, 1.165) is 64.3 Å². The summed E-state index contributed by atoms with van der Waals surface area (Å²) in [4.78, 5) is 21.6. The first-order valence-electron chi connectivity index (χ1n) is 10.3. The lowest BCUT2D eigenvalue weighted by atomic mass is 10.1. The van der Waals surface area contributed by atoms with Crippen LogP contribution in [-0.4, -0.2) is 60.7 Å². The number of thiazole rings is 1. The molecule has 1 amide bonds. The number of piperidine rings is 1. The van der Waals surface area contributed by atoms with Gasteiger partial charge in [-0.25, -0.2) is 4.98 Å². The van der Waals surface area contributed by atoms with Crippen LogP contribution in [0.4, 0.5) is 5.82 Å². The highest BCUT2D eigenvalue weighted by atomic mass is 32.1. The van der Waals surface area contributed by atoms with Crippen LogP contribution in [0.5, 0.6) is 5.75 Å². The van der Waals surface area contributed by atoms with E-state index >= 15 is 0 Å². The van der Waals surface area contributed by atoms with Crippen molar-refractivity contribution >= 4 is 28.0 Å². The summed E-state index contributed by atoms with van der Waals surface area (Å²) in [5.74, 6) is 1.78. The van der Waals surface area contributed by atoms with Crippen molar-refractivity contribution in [2.75, 3.05) is 45.8 Å². The fraction of sp³-hybridized carbons (Fsp3) is 0.455. The third kappa shape index (κ3) is 3.89. The molecule has 0 atom stereocenters. The molecule has 1 aliphatic rings. The normalized spacial score (nSPS) is 14.3. The Morgan fingerprint density at radius 1 is 1.23 bits per heavy atom. The molecule has 0 radical (unpaired) electrons. The van der Waals surface area contributed by atoms with Gasteiger partial charge in [-0.3, -0.25) is 9.20 Å². The van der Waals surface area contributed by atoms with Crippen LogP contribution in [0.1, 0.15) is 34.6 Å². The third-order valence-electron chi connectivity index (χ3n) is 5.48. The number of aromatic nitrogens is 2. The third-order valence-corrected chi connectivity index (χ3v) is 6.61. The number of imidazole rings is 1. The molecule has 1 aliphatic heterocycles. The van der Waals surface area contributed by atoms with Crippen molar-refractivity contribution in [3.63, 3.8) is 0 Å². The summed E-state index contributed by atoms with van der Waals surface area (Å²) in [6, 6.07) is 7.87. The highest BCUT2D eigenvalue weighted by molar-refractivity contribution is 7.19. The van der Waals surface area contributed by atoms with Crippen LogP contribution >= 0.6 is 11.3 Å². The van der Waals surface area contributed by atoms with Crippen LogP contribution in [0.15, 0.2) is 24.3 Å². The molecule has 0 spiro atoms. The van der Waals surface area contributed by atoms with Crippen molar-refractivity contribution in [1.29, 1.82) is 0 Å². The molecule has 3 aromatic rings. The molecule has 2 aromatic heterocycles. The summed E-state index contributed by atoms with van der Waals surface area (Å²) in [5.41, 5.74) is 2.73. The number of amides is 1. The second kappa shape index (κ2) is 9.06. The van der Waals surface area contributed by atoms with Gasteiger partial charge in [-0.2, -0.15) is 0 Å². The molecular formula is C22H28N4O3S. The molecule has 7 nitrogen and oxygen atoms in total. The molecule has 30 heavy (non-hydrogen) atoms. The molecule has 8 heteroatoms. The minimum atomic E-state index is 0.119. The van der Waals surface area contributed by atoms with Crippen LogP contribution in [0.3, 0.4) is 0 Å². The Morgan fingerprint density at radius 3 is 2.77 bits per heavy atom. The largest absolute Gasteiger partial charge is 0.497 e. The van der Waals surface area contributed by atoms with Gasteiger partial charge < -0.3 is 19.7 Å². The smallest absolute Gasteiger partial charge is 0.265 e. The number of hydrogen-bond donors (Lipinski definition) is 1. The summed E-state index contributed by atoms with van der Waals surface area (Å²) >= 11 is 1.46. The van der Waals surface area contributed by atoms with Gasteiger partial charge in [0.1, 0.15) is 22.1 Å². The molecule has 160 valence electrons. The highest BCUT2D eigenvalue weighted by Crippen LogP contribution is 2.36. The maximum Gasteiger partial charge on any atom is 0.265 e. The molecular weight excluding hydrogens is 400 g/mol. The first-order valence-corrected chi connectivity index (χ1v) is 11.1. The van der Waals surface area contributed by atoms with Gasteiger partial charge in [0.25, 0.3) is 5.91 Å². The Morgan fingerprint density at radius 2 is 2.03 bits per heavy atom. The molecule has 0 unspecified atom stereocenters. The van der Waals surface area contributed by atoms with E-state index in [2.05, 4.69) is 9.72 Å². The monoisotopic (exact) mass is 428 g/mol. The number of ether oxygens (including phenoxy) is 2. The second-order valence-electron chi connectivity index (χ2n) is 7.45. The van der Waals surface area contributed by atoms with Crippen LogP contribution in [0.2, 0.25) is 0 Å². The van der Waals surface area contributed by atoms with Gasteiger partial charge in [0.2, 0.25) is 0 Å². The van der Waals surface area contributed by atoms with Gasteiger partial charge in [0.15, 0.2) is 4.96 Å².